The molecule has 0 atom stereocenters. The highest BCUT2D eigenvalue weighted by Crippen LogP contribution is 2.17. The Balaban J connectivity index is 2.21. The molecule has 0 saturated carbocycles. The normalized spacial score (nSPS) is 11.5. The van der Waals surface area contributed by atoms with Gasteiger partial charge in [0.1, 0.15) is 0 Å². The van der Waals surface area contributed by atoms with Gasteiger partial charge in [-0.3, -0.25) is 0 Å². The maximum absolute atomic E-state index is 12.8. The van der Waals surface area contributed by atoms with E-state index in [1.54, 1.807) is 43.3 Å². The summed E-state index contributed by atoms with van der Waals surface area (Å²) >= 11 is 5.87. The number of sulfonamides is 1. The molecule has 0 aliphatic rings. The molecule has 0 radical (unpaired) electrons. The zero-order valence-electron chi connectivity index (χ0n) is 14.2. The highest BCUT2D eigenvalue weighted by Gasteiger charge is 2.22. The van der Waals surface area contributed by atoms with Crippen molar-refractivity contribution in [3.8, 4) is 11.8 Å². The van der Waals surface area contributed by atoms with E-state index in [4.69, 9.17) is 11.6 Å². The molecule has 0 unspecified atom stereocenters. The second kappa shape index (κ2) is 8.87. The highest BCUT2D eigenvalue weighted by atomic mass is 35.5. The van der Waals surface area contributed by atoms with Gasteiger partial charge >= 0.3 is 0 Å². The Hall–Kier alpha value is -2.06. The van der Waals surface area contributed by atoms with Gasteiger partial charge in [0.25, 0.3) is 0 Å². The van der Waals surface area contributed by atoms with Crippen LogP contribution in [0.4, 0.5) is 0 Å². The molecule has 0 spiro atoms. The molecule has 0 aliphatic carbocycles. The molecule has 0 saturated heterocycles. The van der Waals surface area contributed by atoms with Gasteiger partial charge in [-0.1, -0.05) is 59.5 Å². The Labute approximate surface area is 155 Å². The number of halogens is 1. The van der Waals surface area contributed by atoms with E-state index in [9.17, 15) is 8.42 Å². The third-order valence-electron chi connectivity index (χ3n) is 3.58. The van der Waals surface area contributed by atoms with Crippen LogP contribution in [0.15, 0.2) is 59.5 Å². The number of benzene rings is 2. The van der Waals surface area contributed by atoms with Gasteiger partial charge in [-0.05, 0) is 43.7 Å². The molecule has 0 aliphatic heterocycles. The largest absolute Gasteiger partial charge is 0.244 e. The summed E-state index contributed by atoms with van der Waals surface area (Å²) in [4.78, 5) is 0.274. The van der Waals surface area contributed by atoms with E-state index < -0.39 is 10.0 Å². The van der Waals surface area contributed by atoms with E-state index in [1.807, 2.05) is 31.2 Å². The van der Waals surface area contributed by atoms with Crippen molar-refractivity contribution in [2.45, 2.75) is 18.7 Å². The SMILES string of the molecule is CC#CCN(C/C=C/c1ccc(Cl)cc1)S(=O)(=O)c1ccc(C)cc1. The Morgan fingerprint density at radius 1 is 1.08 bits per heavy atom. The van der Waals surface area contributed by atoms with Crippen molar-refractivity contribution in [2.75, 3.05) is 13.1 Å². The van der Waals surface area contributed by atoms with E-state index in [0.717, 1.165) is 11.1 Å². The Morgan fingerprint density at radius 3 is 2.32 bits per heavy atom. The second-order valence-corrected chi connectivity index (χ2v) is 7.87. The van der Waals surface area contributed by atoms with Gasteiger partial charge in [0.2, 0.25) is 10.0 Å². The number of nitrogens with zero attached hydrogens (tertiary/aromatic N) is 1. The molecule has 0 N–H and O–H groups in total. The maximum Gasteiger partial charge on any atom is 0.244 e. The van der Waals surface area contributed by atoms with Gasteiger partial charge < -0.3 is 0 Å². The predicted octanol–water partition coefficient (Wildman–Crippen LogP) is 4.38. The highest BCUT2D eigenvalue weighted by molar-refractivity contribution is 7.89. The minimum absolute atomic E-state index is 0.150. The molecule has 2 aromatic carbocycles. The lowest BCUT2D eigenvalue weighted by atomic mass is 10.2. The lowest BCUT2D eigenvalue weighted by molar-refractivity contribution is 0.478. The summed E-state index contributed by atoms with van der Waals surface area (Å²) in [7, 11) is -3.59. The molecule has 25 heavy (non-hydrogen) atoms. The van der Waals surface area contributed by atoms with Crippen LogP contribution in [0.25, 0.3) is 6.08 Å². The fraction of sp³-hybridized carbons (Fsp3) is 0.200. The van der Waals surface area contributed by atoms with Crippen molar-refractivity contribution < 1.29 is 8.42 Å². The summed E-state index contributed by atoms with van der Waals surface area (Å²) in [6, 6.07) is 14.2. The number of rotatable bonds is 6. The minimum Gasteiger partial charge on any atom is -0.207 e. The topological polar surface area (TPSA) is 37.4 Å². The van der Waals surface area contributed by atoms with Crippen LogP contribution in [0.3, 0.4) is 0 Å². The van der Waals surface area contributed by atoms with Crippen LogP contribution >= 0.6 is 11.6 Å². The molecule has 0 amide bonds. The maximum atomic E-state index is 12.8. The van der Waals surface area contributed by atoms with E-state index >= 15 is 0 Å². The average molecular weight is 374 g/mol. The Kier molecular flexibility index (Phi) is 6.83. The van der Waals surface area contributed by atoms with Crippen LogP contribution in [0.5, 0.6) is 0 Å². The van der Waals surface area contributed by atoms with Crippen molar-refractivity contribution in [1.29, 1.82) is 0 Å². The fourth-order valence-electron chi connectivity index (χ4n) is 2.15. The van der Waals surface area contributed by atoms with E-state index in [2.05, 4.69) is 11.8 Å². The van der Waals surface area contributed by atoms with Crippen LogP contribution in [0.2, 0.25) is 5.02 Å². The Morgan fingerprint density at radius 2 is 1.72 bits per heavy atom. The summed E-state index contributed by atoms with van der Waals surface area (Å²) in [6.45, 7) is 4.01. The van der Waals surface area contributed by atoms with Crippen LogP contribution < -0.4 is 0 Å². The first-order valence-corrected chi connectivity index (χ1v) is 9.64. The quantitative estimate of drug-likeness (QED) is 0.705. The lowest BCUT2D eigenvalue weighted by Crippen LogP contribution is -2.31. The molecular weight excluding hydrogens is 354 g/mol. The molecule has 0 fully saturated rings. The summed E-state index contributed by atoms with van der Waals surface area (Å²) in [6.07, 6.45) is 3.68. The fourth-order valence-corrected chi connectivity index (χ4v) is 3.58. The van der Waals surface area contributed by atoms with Crippen molar-refractivity contribution in [3.63, 3.8) is 0 Å². The van der Waals surface area contributed by atoms with Gasteiger partial charge in [0.05, 0.1) is 11.4 Å². The van der Waals surface area contributed by atoms with Gasteiger partial charge in [-0.2, -0.15) is 4.31 Å². The molecule has 130 valence electrons. The van der Waals surface area contributed by atoms with Gasteiger partial charge in [0.15, 0.2) is 0 Å². The summed E-state index contributed by atoms with van der Waals surface area (Å²) in [5.41, 5.74) is 1.97. The van der Waals surface area contributed by atoms with Crippen LogP contribution in [-0.2, 0) is 10.0 Å². The molecule has 2 rings (SSSR count). The van der Waals surface area contributed by atoms with Crippen molar-refractivity contribution in [2.24, 2.45) is 0 Å². The summed E-state index contributed by atoms with van der Waals surface area (Å²) in [5.74, 6) is 5.59. The summed E-state index contributed by atoms with van der Waals surface area (Å²) in [5, 5.41) is 0.666. The minimum atomic E-state index is -3.59. The second-order valence-electron chi connectivity index (χ2n) is 5.49. The first-order valence-electron chi connectivity index (χ1n) is 7.82. The Bertz CT molecular complexity index is 889. The average Bonchev–Trinajstić information content (AvgIpc) is 2.59. The van der Waals surface area contributed by atoms with E-state index in [1.165, 1.54) is 4.31 Å². The van der Waals surface area contributed by atoms with Gasteiger partial charge in [0, 0.05) is 11.6 Å². The third-order valence-corrected chi connectivity index (χ3v) is 5.66. The van der Waals surface area contributed by atoms with E-state index in [0.29, 0.717) is 5.02 Å². The molecule has 3 nitrogen and oxygen atoms in total. The van der Waals surface area contributed by atoms with Crippen LogP contribution in [-0.4, -0.2) is 25.8 Å². The first-order chi connectivity index (χ1) is 11.9. The van der Waals surface area contributed by atoms with Crippen LogP contribution in [0.1, 0.15) is 18.1 Å². The van der Waals surface area contributed by atoms with Crippen molar-refractivity contribution >= 4 is 27.7 Å². The molecule has 0 aromatic heterocycles. The zero-order valence-corrected chi connectivity index (χ0v) is 15.8. The zero-order chi connectivity index (χ0) is 18.3. The molecule has 2 aromatic rings. The standard InChI is InChI=1S/C20H20ClNO2S/c1-3-4-15-22(16-5-6-18-9-11-19(21)12-10-18)25(23,24)20-13-7-17(2)8-14-20/h5-14H,15-16H2,1-2H3/b6-5+. The number of hydrogen-bond donors (Lipinski definition) is 0. The first kappa shape index (κ1) is 19.3. The van der Waals surface area contributed by atoms with Crippen LogP contribution in [0, 0.1) is 18.8 Å². The predicted molar refractivity (Wildman–Crippen MR) is 104 cm³/mol. The third kappa shape index (κ3) is 5.47. The van der Waals surface area contributed by atoms with Crippen molar-refractivity contribution in [1.82, 2.24) is 4.31 Å². The molecule has 0 heterocycles. The van der Waals surface area contributed by atoms with E-state index in [-0.39, 0.29) is 18.0 Å². The summed E-state index contributed by atoms with van der Waals surface area (Å²) < 4.78 is 27.0. The smallest absolute Gasteiger partial charge is 0.207 e. The number of aryl methyl sites for hydroxylation is 1. The van der Waals surface area contributed by atoms with Gasteiger partial charge in [-0.25, -0.2) is 8.42 Å². The monoisotopic (exact) mass is 373 g/mol. The molecule has 5 heteroatoms. The molecular formula is C20H20ClNO2S. The number of hydrogen-bond acceptors (Lipinski definition) is 2. The lowest BCUT2D eigenvalue weighted by Gasteiger charge is -2.18. The molecule has 0 bridgehead atoms. The van der Waals surface area contributed by atoms with Gasteiger partial charge in [-0.15, -0.1) is 5.92 Å². The van der Waals surface area contributed by atoms with Crippen molar-refractivity contribution in [3.05, 3.63) is 70.8 Å².